The quantitative estimate of drug-likeness (QED) is 0.148. The van der Waals surface area contributed by atoms with Crippen molar-refractivity contribution in [1.82, 2.24) is 0 Å². The van der Waals surface area contributed by atoms with Gasteiger partial charge in [-0.3, -0.25) is 0 Å². The first-order valence-corrected chi connectivity index (χ1v) is 26.6. The summed E-state index contributed by atoms with van der Waals surface area (Å²) < 4.78 is 225. The van der Waals surface area contributed by atoms with Gasteiger partial charge in [-0.2, -0.15) is 0 Å². The molecule has 12 aliphatic carbocycles. The molecule has 0 atom stereocenters. The van der Waals surface area contributed by atoms with Gasteiger partial charge in [0.2, 0.25) is 0 Å². The summed E-state index contributed by atoms with van der Waals surface area (Å²) in [5.41, 5.74) is -5.27. The van der Waals surface area contributed by atoms with Crippen molar-refractivity contribution in [1.29, 1.82) is 0 Å². The van der Waals surface area contributed by atoms with Crippen molar-refractivity contribution >= 4 is 57.2 Å². The van der Waals surface area contributed by atoms with Gasteiger partial charge < -0.3 is 14.5 Å². The van der Waals surface area contributed by atoms with E-state index in [0.717, 1.165) is 62.7 Å². The van der Waals surface area contributed by atoms with Crippen LogP contribution in [0.3, 0.4) is 0 Å². The van der Waals surface area contributed by atoms with Crippen molar-refractivity contribution in [3.63, 3.8) is 0 Å². The Bertz CT molecular complexity index is 4150. The lowest BCUT2D eigenvalue weighted by Crippen LogP contribution is -2.60. The molecule has 4 heteroatoms. The summed E-state index contributed by atoms with van der Waals surface area (Å²) in [6, 6.07) is -14.9. The summed E-state index contributed by atoms with van der Waals surface area (Å²) >= 11 is 0. The van der Waals surface area contributed by atoms with Crippen molar-refractivity contribution in [2.24, 2.45) is 53.3 Å². The third kappa shape index (κ3) is 5.89. The predicted octanol–water partition coefficient (Wildman–Crippen LogP) is 15.0. The van der Waals surface area contributed by atoms with E-state index in [4.69, 9.17) is 13.0 Å². The molecule has 2 aliphatic heterocycles. The molecule has 0 spiro atoms. The number of anilines is 6. The fourth-order valence-corrected chi connectivity index (χ4v) is 19.0. The number of nitrogens with zero attached hydrogens (tertiary/aromatic N) is 2. The molecular weight excluding hydrogens is 848 g/mol. The highest BCUT2D eigenvalue weighted by atomic mass is 16.5. The standard InChI is InChI=1S/C66H67BN2O/c1-3-7-53(8-4-1)68(54-9-5-2-6-10-54)56-30-60-63-62(31-56)70-61-18-14-52(66-38-47-25-48(39-66)27-49(26-47)40-66)29-58(61)67(63)57-28-51(65-35-44-22-45(36-65)24-46(23-44)37-65)13-17-59(57)69(60)55-15-11-50(12-16-55)64-32-41-19-42(33-64)21-43(20-41)34-64/h1-18,28-31,41-49H,19-27,32-40H2/i1D,2D,3D,4D,5D,6D,7D,8D,9D,10D,11D,12D,13D,14D,15D,16D,17D,18D,28D,29D,30D,31D. The maximum Gasteiger partial charge on any atom is 0.256 e. The Kier molecular flexibility index (Phi) is 5.16. The molecular formula is C66H67BN2O. The van der Waals surface area contributed by atoms with Crippen LogP contribution >= 0.6 is 0 Å². The maximum atomic E-state index is 11.1. The lowest BCUT2D eigenvalue weighted by Gasteiger charge is -2.57. The number of rotatable bonds is 7. The van der Waals surface area contributed by atoms with E-state index in [2.05, 4.69) is 0 Å². The first-order valence-electron chi connectivity index (χ1n) is 37.6. The molecule has 12 bridgehead atoms. The van der Waals surface area contributed by atoms with Gasteiger partial charge >= 0.3 is 0 Å². The van der Waals surface area contributed by atoms with E-state index in [-0.39, 0.29) is 69.6 Å². The number of hydrogen-bond acceptors (Lipinski definition) is 3. The van der Waals surface area contributed by atoms with Crippen LogP contribution in [0, 0.1) is 53.3 Å². The van der Waals surface area contributed by atoms with Crippen LogP contribution < -0.4 is 30.9 Å². The SMILES string of the molecule is [2H]c1c([2H])c([2H])c(N(c2c([2H])c([2H])c([2H])c([2H])c2[2H])c2c([2H])c3c4c(c2[2H])N(c2c([2H])c([2H])c(C56CC7CC(CC(C7)C5)C6)c([2H])c2[2H])c2c([2H])c([2H])c(C56CC7CC(CC(C7)C5)C6)c([2H])c2B4c2c([2H])c(C45CC6CC(CC(C6)C4)C5)c([2H])c([2H])c2O3)c([2H])c1[2H]. The molecule has 14 aliphatic rings. The van der Waals surface area contributed by atoms with Gasteiger partial charge in [-0.05, 0) is 273 Å². The van der Waals surface area contributed by atoms with Crippen LogP contribution in [0.25, 0.3) is 0 Å². The largest absolute Gasteiger partial charge is 0.458 e. The van der Waals surface area contributed by atoms with Crippen LogP contribution in [-0.4, -0.2) is 6.71 Å². The van der Waals surface area contributed by atoms with E-state index >= 15 is 0 Å². The topological polar surface area (TPSA) is 15.7 Å². The van der Waals surface area contributed by atoms with E-state index < -0.39 is 154 Å². The summed E-state index contributed by atoms with van der Waals surface area (Å²) in [5, 5.41) is 0. The zero-order valence-corrected chi connectivity index (χ0v) is 39.3. The Morgan fingerprint density at radius 2 is 0.843 bits per heavy atom. The second-order valence-corrected chi connectivity index (χ2v) is 24.7. The lowest BCUT2D eigenvalue weighted by atomic mass is 9.33. The van der Waals surface area contributed by atoms with Crippen LogP contribution in [0.15, 0.2) is 133 Å². The average molecular weight is 937 g/mol. The van der Waals surface area contributed by atoms with Crippen LogP contribution in [0.4, 0.5) is 34.1 Å². The molecule has 70 heavy (non-hydrogen) atoms. The number of ether oxygens (including phenoxy) is 1. The Labute approximate surface area is 447 Å². The summed E-state index contributed by atoms with van der Waals surface area (Å²) in [4.78, 5) is 1.81. The van der Waals surface area contributed by atoms with Gasteiger partial charge in [-0.1, -0.05) is 72.5 Å². The number of benzene rings is 6. The van der Waals surface area contributed by atoms with Gasteiger partial charge in [0, 0.05) is 34.5 Å². The van der Waals surface area contributed by atoms with E-state index in [1.807, 2.05) is 0 Å². The predicted molar refractivity (Wildman–Crippen MR) is 287 cm³/mol. The molecule has 3 nitrogen and oxygen atoms in total. The maximum absolute atomic E-state index is 11.1. The summed E-state index contributed by atoms with van der Waals surface area (Å²) in [5.74, 6) is 1.90. The van der Waals surface area contributed by atoms with Crippen LogP contribution in [0.5, 0.6) is 11.5 Å². The Hall–Kier alpha value is -5.22. The molecule has 6 aromatic carbocycles. The van der Waals surface area contributed by atoms with E-state index in [1.165, 1.54) is 0 Å². The molecule has 350 valence electrons. The summed E-state index contributed by atoms with van der Waals surface area (Å²) in [6.45, 7) is -1.55. The van der Waals surface area contributed by atoms with Crippen molar-refractivity contribution in [3.05, 3.63) is 150 Å². The normalized spacial score (nSPS) is 40.3. The van der Waals surface area contributed by atoms with Gasteiger partial charge in [0.25, 0.3) is 6.71 Å². The van der Waals surface area contributed by atoms with Crippen molar-refractivity contribution < 1.29 is 34.9 Å². The van der Waals surface area contributed by atoms with Crippen molar-refractivity contribution in [2.45, 2.75) is 132 Å². The van der Waals surface area contributed by atoms with E-state index in [1.54, 1.807) is 0 Å². The minimum Gasteiger partial charge on any atom is -0.458 e. The third-order valence-corrected chi connectivity index (χ3v) is 20.3. The summed E-state index contributed by atoms with van der Waals surface area (Å²) in [7, 11) is 0. The van der Waals surface area contributed by atoms with Crippen LogP contribution in [-0.2, 0) is 16.2 Å². The Balaban J connectivity index is 1.04. The molecule has 2 heterocycles. The molecule has 0 saturated heterocycles. The second kappa shape index (κ2) is 14.5. The molecule has 12 fully saturated rings. The highest BCUT2D eigenvalue weighted by Gasteiger charge is 2.55. The zero-order chi connectivity index (χ0) is 64.6. The third-order valence-electron chi connectivity index (χ3n) is 20.3. The second-order valence-electron chi connectivity index (χ2n) is 24.7. The van der Waals surface area contributed by atoms with Gasteiger partial charge in [0.05, 0.1) is 35.8 Å². The first-order chi connectivity index (χ1) is 43.6. The summed E-state index contributed by atoms with van der Waals surface area (Å²) in [6.07, 6.45) is 15.1. The average Bonchev–Trinajstić information content (AvgIpc) is 0.671. The zero-order valence-electron chi connectivity index (χ0n) is 61.3. The highest BCUT2D eigenvalue weighted by molar-refractivity contribution is 6.99. The van der Waals surface area contributed by atoms with Gasteiger partial charge in [0.1, 0.15) is 11.5 Å². The van der Waals surface area contributed by atoms with Crippen LogP contribution in [0.1, 0.15) is 162 Å². The molecule has 6 aromatic rings. The minimum absolute atomic E-state index is 0.00449. The fraction of sp³-hybridized carbons (Fsp3) is 0.455. The van der Waals surface area contributed by atoms with Crippen molar-refractivity contribution in [2.75, 3.05) is 9.80 Å². The smallest absolute Gasteiger partial charge is 0.256 e. The monoisotopic (exact) mass is 937 g/mol. The molecule has 0 radical (unpaired) electrons. The van der Waals surface area contributed by atoms with E-state index in [9.17, 15) is 21.9 Å². The molecule has 0 amide bonds. The molecule has 0 N–H and O–H groups in total. The first kappa shape index (κ1) is 24.9. The molecule has 12 saturated carbocycles. The van der Waals surface area contributed by atoms with Crippen LogP contribution in [0.2, 0.25) is 0 Å². The minimum atomic E-state index is -1.55. The number of hydrogen-bond donors (Lipinski definition) is 0. The molecule has 20 rings (SSSR count). The van der Waals surface area contributed by atoms with Gasteiger partial charge in [-0.25, -0.2) is 0 Å². The molecule has 0 aromatic heterocycles. The lowest BCUT2D eigenvalue weighted by molar-refractivity contribution is -0.00529. The van der Waals surface area contributed by atoms with Crippen molar-refractivity contribution in [3.8, 4) is 11.5 Å². The number of para-hydroxylation sites is 2. The Morgan fingerprint density at radius 3 is 1.33 bits per heavy atom. The highest BCUT2D eigenvalue weighted by Crippen LogP contribution is 2.64. The molecule has 0 unspecified atom stereocenters. The number of fused-ring (bicyclic) bond motifs is 4. The van der Waals surface area contributed by atoms with Gasteiger partial charge in [0.15, 0.2) is 0 Å². The fourth-order valence-electron chi connectivity index (χ4n) is 19.0. The Morgan fingerprint density at radius 1 is 0.414 bits per heavy atom. The van der Waals surface area contributed by atoms with Gasteiger partial charge in [-0.15, -0.1) is 0 Å². The van der Waals surface area contributed by atoms with E-state index in [0.29, 0.717) is 127 Å².